The van der Waals surface area contributed by atoms with Crippen LogP contribution in [0, 0.1) is 6.92 Å². The van der Waals surface area contributed by atoms with Gasteiger partial charge in [0.2, 0.25) is 0 Å². The number of aromatic nitrogens is 2. The molecule has 12 heteroatoms. The van der Waals surface area contributed by atoms with E-state index < -0.39 is 44.4 Å². The molecule has 0 aliphatic carbocycles. The molecule has 2 N–H and O–H groups in total. The molecule has 1 aliphatic rings. The van der Waals surface area contributed by atoms with Crippen molar-refractivity contribution in [2.24, 2.45) is 0 Å². The van der Waals surface area contributed by atoms with Gasteiger partial charge in [0.25, 0.3) is 0 Å². The van der Waals surface area contributed by atoms with Crippen LogP contribution in [0.15, 0.2) is 11.0 Å². The Labute approximate surface area is 223 Å². The van der Waals surface area contributed by atoms with Crippen molar-refractivity contribution in [3.8, 4) is 5.88 Å². The second kappa shape index (κ2) is 16.5. The van der Waals surface area contributed by atoms with Gasteiger partial charge in [-0.05, 0) is 24.8 Å². The van der Waals surface area contributed by atoms with Crippen molar-refractivity contribution < 1.29 is 63.0 Å². The maximum absolute atomic E-state index is 12.4. The van der Waals surface area contributed by atoms with Crippen molar-refractivity contribution in [2.75, 3.05) is 13.2 Å². The summed E-state index contributed by atoms with van der Waals surface area (Å²) >= 11 is 0. The van der Waals surface area contributed by atoms with Gasteiger partial charge in [-0.25, -0.2) is 14.3 Å². The number of rotatable bonds is 16. The number of hydrogen-bond donors (Lipinski definition) is 2. The van der Waals surface area contributed by atoms with Crippen molar-refractivity contribution in [3.05, 3.63) is 22.2 Å². The minimum absolute atomic E-state index is 0. The Hall–Kier alpha value is -0.290. The van der Waals surface area contributed by atoms with E-state index >= 15 is 0 Å². The second-order valence-corrected chi connectivity index (χ2v) is 10.0. The summed E-state index contributed by atoms with van der Waals surface area (Å²) in [6.07, 6.45) is 9.98. The molecule has 0 saturated carbocycles. The topological polar surface area (TPSA) is 143 Å². The first-order chi connectivity index (χ1) is 15.8. The van der Waals surface area contributed by atoms with E-state index in [1.165, 1.54) is 51.6 Å². The number of phosphoric ester groups is 1. The Morgan fingerprint density at radius 2 is 1.76 bits per heavy atom. The third-order valence-electron chi connectivity index (χ3n) is 5.78. The zero-order chi connectivity index (χ0) is 24.3. The van der Waals surface area contributed by atoms with Gasteiger partial charge in [0.1, 0.15) is 18.4 Å². The summed E-state index contributed by atoms with van der Waals surface area (Å²) in [5.41, 5.74) is -0.534. The van der Waals surface area contributed by atoms with Crippen LogP contribution in [0.4, 0.5) is 0 Å². The van der Waals surface area contributed by atoms with Gasteiger partial charge in [-0.1, -0.05) is 64.7 Å². The number of nitrogens with zero attached hydrogens (tertiary/aromatic N) is 2. The van der Waals surface area contributed by atoms with Gasteiger partial charge < -0.3 is 19.8 Å². The fraction of sp³-hybridized carbons (Fsp3) is 0.818. The van der Waals surface area contributed by atoms with Crippen molar-refractivity contribution in [1.82, 2.24) is 9.55 Å². The zero-order valence-electron chi connectivity index (χ0n) is 20.7. The van der Waals surface area contributed by atoms with E-state index in [1.54, 1.807) is 0 Å². The first-order valence-corrected chi connectivity index (χ1v) is 13.5. The number of hydrogen-bond acceptors (Lipinski definition) is 8. The molecule has 0 bridgehead atoms. The van der Waals surface area contributed by atoms with Crippen molar-refractivity contribution in [3.63, 3.8) is 0 Å². The third kappa shape index (κ3) is 10.8. The zero-order valence-corrected chi connectivity index (χ0v) is 23.6. The van der Waals surface area contributed by atoms with Crippen molar-refractivity contribution in [2.45, 2.75) is 103 Å². The SMILES string of the molecule is CCCCCCCCCCCCOP(=O)(O)O[C@H]1C[C@H](n2cc(C)c([O-])nc2=O)O[C@@H]1CO.[Na+]. The molecule has 1 aromatic rings. The van der Waals surface area contributed by atoms with E-state index in [9.17, 15) is 24.5 Å². The van der Waals surface area contributed by atoms with Crippen LogP contribution < -0.4 is 40.4 Å². The maximum atomic E-state index is 12.4. The monoisotopic (exact) mass is 512 g/mol. The largest absolute Gasteiger partial charge is 1.00 e. The van der Waals surface area contributed by atoms with Crippen LogP contribution in [0.25, 0.3) is 0 Å². The Kier molecular flexibility index (Phi) is 15.4. The molecule has 4 atom stereocenters. The Balaban J connectivity index is 0.00000578. The van der Waals surface area contributed by atoms with Crippen LogP contribution in [0.2, 0.25) is 0 Å². The number of aryl methyl sites for hydroxylation is 1. The molecule has 2 heterocycles. The van der Waals surface area contributed by atoms with Gasteiger partial charge in [0.15, 0.2) is 0 Å². The molecule has 2 rings (SSSR count). The predicted octanol–water partition coefficient (Wildman–Crippen LogP) is 0.332. The molecule has 0 spiro atoms. The van der Waals surface area contributed by atoms with Gasteiger partial charge in [-0.15, -0.1) is 0 Å². The number of aliphatic hydroxyl groups excluding tert-OH is 1. The summed E-state index contributed by atoms with van der Waals surface area (Å²) in [6.45, 7) is 3.35. The number of ether oxygens (including phenoxy) is 1. The average molecular weight is 513 g/mol. The van der Waals surface area contributed by atoms with Gasteiger partial charge in [0.05, 0.1) is 13.2 Å². The van der Waals surface area contributed by atoms with Crippen LogP contribution in [0.1, 0.15) is 89.3 Å². The van der Waals surface area contributed by atoms with Crippen LogP contribution in [0.3, 0.4) is 0 Å². The van der Waals surface area contributed by atoms with Gasteiger partial charge >= 0.3 is 43.1 Å². The number of unbranched alkanes of at least 4 members (excludes halogenated alkanes) is 9. The molecule has 1 aromatic heterocycles. The molecular weight excluding hydrogens is 474 g/mol. The maximum Gasteiger partial charge on any atom is 1.00 e. The van der Waals surface area contributed by atoms with Crippen LogP contribution in [-0.2, 0) is 18.3 Å². The average Bonchev–Trinajstić information content (AvgIpc) is 3.16. The van der Waals surface area contributed by atoms with Gasteiger partial charge in [-0.3, -0.25) is 13.6 Å². The number of phosphoric acid groups is 1. The molecule has 0 amide bonds. The molecule has 0 aromatic carbocycles. The summed E-state index contributed by atoms with van der Waals surface area (Å²) in [7, 11) is -4.36. The summed E-state index contributed by atoms with van der Waals surface area (Å²) in [4.78, 5) is 25.5. The molecule has 0 radical (unpaired) electrons. The fourth-order valence-electron chi connectivity index (χ4n) is 3.88. The quantitative estimate of drug-likeness (QED) is 0.182. The van der Waals surface area contributed by atoms with E-state index in [0.29, 0.717) is 6.42 Å². The molecule has 1 unspecified atom stereocenters. The fourth-order valence-corrected chi connectivity index (χ4v) is 4.86. The first-order valence-electron chi connectivity index (χ1n) is 12.0. The normalized spacial score (nSPS) is 21.8. The Morgan fingerprint density at radius 3 is 2.35 bits per heavy atom. The van der Waals surface area contributed by atoms with Gasteiger partial charge in [-0.2, -0.15) is 0 Å². The molecule has 1 saturated heterocycles. The van der Waals surface area contributed by atoms with Crippen molar-refractivity contribution in [1.29, 1.82) is 0 Å². The van der Waals surface area contributed by atoms with E-state index in [-0.39, 0.29) is 48.1 Å². The second-order valence-electron chi connectivity index (χ2n) is 8.59. The summed E-state index contributed by atoms with van der Waals surface area (Å²) in [5.74, 6) is -0.624. The first kappa shape index (κ1) is 31.7. The molecule has 1 fully saturated rings. The van der Waals surface area contributed by atoms with E-state index in [4.69, 9.17) is 13.8 Å². The van der Waals surface area contributed by atoms with Crippen LogP contribution >= 0.6 is 7.82 Å². The van der Waals surface area contributed by atoms with Crippen molar-refractivity contribution >= 4 is 7.82 Å². The van der Waals surface area contributed by atoms with E-state index in [1.807, 2.05) is 0 Å². The molecular formula is C22H38N2NaO8P. The smallest absolute Gasteiger partial charge is 0.858 e. The third-order valence-corrected chi connectivity index (χ3v) is 6.83. The number of aliphatic hydroxyl groups is 1. The molecule has 10 nitrogen and oxygen atoms in total. The minimum Gasteiger partial charge on any atom is -0.858 e. The van der Waals surface area contributed by atoms with Crippen LogP contribution in [0.5, 0.6) is 5.88 Å². The molecule has 1 aliphatic heterocycles. The summed E-state index contributed by atoms with van der Waals surface area (Å²) < 4.78 is 29.4. The molecule has 190 valence electrons. The minimum atomic E-state index is -4.36. The molecule has 34 heavy (non-hydrogen) atoms. The Morgan fingerprint density at radius 1 is 1.18 bits per heavy atom. The summed E-state index contributed by atoms with van der Waals surface area (Å²) in [6, 6.07) is 0. The standard InChI is InChI=1S/C22H39N2O8P.Na/c1-3-4-5-6-7-8-9-10-11-12-13-30-33(28,29)32-18-14-20(31-19(18)16-25)24-15-17(2)21(26)23-22(24)27;/h15,18-20,25H,3-14,16H2,1-2H3,(H,28,29)(H,23,26,27);/q;+1/p-1/t18-,19+,20+;/m0./s1. The Bertz CT molecular complexity index is 825. The van der Waals surface area contributed by atoms with E-state index in [2.05, 4.69) is 11.9 Å². The summed E-state index contributed by atoms with van der Waals surface area (Å²) in [5, 5.41) is 21.1. The predicted molar refractivity (Wildman–Crippen MR) is 121 cm³/mol. The van der Waals surface area contributed by atoms with Gasteiger partial charge in [0, 0.05) is 12.6 Å². The van der Waals surface area contributed by atoms with Crippen LogP contribution in [-0.4, -0.2) is 45.0 Å². The van der Waals surface area contributed by atoms with E-state index in [0.717, 1.165) is 23.8 Å².